The highest BCUT2D eigenvalue weighted by Gasteiger charge is 2.40. The number of amides is 1. The summed E-state index contributed by atoms with van der Waals surface area (Å²) in [4.78, 5) is 12.0. The number of carbonyl (C=O) groups excluding carboxylic acids is 1. The summed E-state index contributed by atoms with van der Waals surface area (Å²) < 4.78 is 0. The Hall–Kier alpha value is -1.55. The van der Waals surface area contributed by atoms with Crippen LogP contribution in [0.4, 0.5) is 0 Å². The van der Waals surface area contributed by atoms with Gasteiger partial charge in [-0.2, -0.15) is 5.10 Å². The molecule has 3 atom stereocenters. The number of carbonyl (C=O) groups is 1. The Kier molecular flexibility index (Phi) is 3.89. The number of hydrogen-bond acceptors (Lipinski definition) is 3. The maximum atomic E-state index is 12.0. The van der Waals surface area contributed by atoms with Crippen molar-refractivity contribution >= 4 is 23.2 Å². The lowest BCUT2D eigenvalue weighted by molar-refractivity contribution is 0.0952. The molecule has 112 valence electrons. The molecule has 1 aromatic rings. The number of rotatable bonds is 3. The lowest BCUT2D eigenvalue weighted by atomic mass is 9.86. The zero-order valence-electron chi connectivity index (χ0n) is 12.0. The average Bonchev–Trinajstić information content (AvgIpc) is 3.07. The number of nitrogens with zero attached hydrogens (tertiary/aromatic N) is 1. The van der Waals surface area contributed by atoms with E-state index < -0.39 is 5.91 Å². The number of fused-ring (bicyclic) bond motifs is 2. The summed E-state index contributed by atoms with van der Waals surface area (Å²) in [5, 5.41) is 14.4. The number of hydrazone groups is 1. The summed E-state index contributed by atoms with van der Waals surface area (Å²) in [6.45, 7) is 1.98. The van der Waals surface area contributed by atoms with Gasteiger partial charge in [0.25, 0.3) is 5.91 Å². The van der Waals surface area contributed by atoms with Gasteiger partial charge in [-0.05, 0) is 56.2 Å². The zero-order chi connectivity index (χ0) is 15.0. The summed E-state index contributed by atoms with van der Waals surface area (Å²) in [6.07, 6.45) is 5.14. The molecule has 0 heterocycles. The van der Waals surface area contributed by atoms with Gasteiger partial charge in [0.15, 0.2) is 0 Å². The van der Waals surface area contributed by atoms with Crippen LogP contribution < -0.4 is 5.43 Å². The molecule has 2 fully saturated rings. The molecule has 1 aromatic carbocycles. The van der Waals surface area contributed by atoms with Gasteiger partial charge in [-0.15, -0.1) is 0 Å². The Morgan fingerprint density at radius 3 is 2.81 bits per heavy atom. The van der Waals surface area contributed by atoms with Gasteiger partial charge in [0.05, 0.1) is 5.56 Å². The molecule has 1 amide bonds. The van der Waals surface area contributed by atoms with Gasteiger partial charge < -0.3 is 5.11 Å². The maximum absolute atomic E-state index is 12.0. The van der Waals surface area contributed by atoms with Gasteiger partial charge in [-0.3, -0.25) is 4.79 Å². The van der Waals surface area contributed by atoms with E-state index in [1.807, 2.05) is 6.92 Å². The van der Waals surface area contributed by atoms with E-state index in [0.717, 1.165) is 17.5 Å². The molecule has 0 aliphatic heterocycles. The fourth-order valence-electron chi connectivity index (χ4n) is 3.74. The van der Waals surface area contributed by atoms with Crippen LogP contribution in [-0.4, -0.2) is 16.7 Å². The summed E-state index contributed by atoms with van der Waals surface area (Å²) in [5.41, 5.74) is 3.72. The van der Waals surface area contributed by atoms with Crippen molar-refractivity contribution in [3.63, 3.8) is 0 Å². The highest BCUT2D eigenvalue weighted by molar-refractivity contribution is 6.30. The zero-order valence-corrected chi connectivity index (χ0v) is 12.7. The Morgan fingerprint density at radius 1 is 1.38 bits per heavy atom. The first kappa shape index (κ1) is 14.4. The monoisotopic (exact) mass is 306 g/mol. The molecule has 2 aliphatic rings. The van der Waals surface area contributed by atoms with Gasteiger partial charge in [0.2, 0.25) is 0 Å². The Morgan fingerprint density at radius 2 is 2.19 bits per heavy atom. The fraction of sp³-hybridized carbons (Fsp3) is 0.500. The van der Waals surface area contributed by atoms with Gasteiger partial charge >= 0.3 is 0 Å². The molecule has 4 nitrogen and oxygen atoms in total. The molecule has 0 saturated heterocycles. The smallest absolute Gasteiger partial charge is 0.275 e. The highest BCUT2D eigenvalue weighted by atomic mass is 35.5. The number of halogens is 1. The van der Waals surface area contributed by atoms with E-state index in [1.165, 1.54) is 37.8 Å². The van der Waals surface area contributed by atoms with E-state index in [9.17, 15) is 9.90 Å². The Labute approximate surface area is 129 Å². The molecule has 3 rings (SSSR count). The van der Waals surface area contributed by atoms with Crippen LogP contribution in [0.1, 0.15) is 43.0 Å². The molecule has 2 aliphatic carbocycles. The second kappa shape index (κ2) is 5.68. The molecule has 0 radical (unpaired) electrons. The van der Waals surface area contributed by atoms with E-state index in [-0.39, 0.29) is 11.3 Å². The molecular weight excluding hydrogens is 288 g/mol. The first-order valence-electron chi connectivity index (χ1n) is 7.37. The predicted molar refractivity (Wildman–Crippen MR) is 82.6 cm³/mol. The molecular formula is C16H19ClN2O2. The number of phenols is 1. The summed E-state index contributed by atoms with van der Waals surface area (Å²) in [5.74, 6) is 1.54. The van der Waals surface area contributed by atoms with E-state index in [2.05, 4.69) is 10.5 Å². The average molecular weight is 307 g/mol. The predicted octanol–water partition coefficient (Wildman–Crippen LogP) is 3.59. The number of phenolic OH excluding ortho intramolecular Hbond substituents is 1. The third-order valence-corrected chi connectivity index (χ3v) is 5.05. The van der Waals surface area contributed by atoms with Crippen molar-refractivity contribution in [3.05, 3.63) is 28.8 Å². The van der Waals surface area contributed by atoms with E-state index >= 15 is 0 Å². The molecule has 2 bridgehead atoms. The lowest BCUT2D eigenvalue weighted by Gasteiger charge is -2.21. The van der Waals surface area contributed by atoms with Crippen molar-refractivity contribution in [1.29, 1.82) is 0 Å². The van der Waals surface area contributed by atoms with Crippen molar-refractivity contribution < 1.29 is 9.90 Å². The first-order valence-corrected chi connectivity index (χ1v) is 7.75. The van der Waals surface area contributed by atoms with Crippen LogP contribution >= 0.6 is 11.6 Å². The highest BCUT2D eigenvalue weighted by Crippen LogP contribution is 2.48. The second-order valence-corrected chi connectivity index (χ2v) is 6.57. The topological polar surface area (TPSA) is 61.7 Å². The standard InChI is InChI=1S/C16H19ClN2O2/c1-9(14-7-10-2-3-11(14)6-10)18-19-16(21)13-5-4-12(17)8-15(13)20/h4-5,8,10-11,14,20H,2-3,6-7H2,1H3,(H,19,21). The van der Waals surface area contributed by atoms with E-state index in [1.54, 1.807) is 6.07 Å². The maximum Gasteiger partial charge on any atom is 0.275 e. The van der Waals surface area contributed by atoms with Crippen LogP contribution in [0, 0.1) is 17.8 Å². The summed E-state index contributed by atoms with van der Waals surface area (Å²) in [6, 6.07) is 4.42. The Bertz CT molecular complexity index is 600. The van der Waals surface area contributed by atoms with Crippen molar-refractivity contribution in [2.45, 2.75) is 32.6 Å². The molecule has 2 N–H and O–H groups in total. The molecule has 5 heteroatoms. The van der Waals surface area contributed by atoms with Crippen molar-refractivity contribution in [2.24, 2.45) is 22.9 Å². The fourth-order valence-corrected chi connectivity index (χ4v) is 3.90. The van der Waals surface area contributed by atoms with Crippen LogP contribution in [0.5, 0.6) is 5.75 Å². The van der Waals surface area contributed by atoms with Gasteiger partial charge in [0.1, 0.15) is 5.75 Å². The third-order valence-electron chi connectivity index (χ3n) is 4.81. The minimum Gasteiger partial charge on any atom is -0.507 e. The molecule has 21 heavy (non-hydrogen) atoms. The van der Waals surface area contributed by atoms with Crippen LogP contribution in [0.25, 0.3) is 0 Å². The summed E-state index contributed by atoms with van der Waals surface area (Å²) >= 11 is 5.75. The van der Waals surface area contributed by atoms with Gasteiger partial charge in [-0.25, -0.2) is 5.43 Å². The minimum absolute atomic E-state index is 0.132. The van der Waals surface area contributed by atoms with Crippen LogP contribution in [0.2, 0.25) is 5.02 Å². The normalized spacial score (nSPS) is 27.9. The van der Waals surface area contributed by atoms with Crippen LogP contribution in [0.15, 0.2) is 23.3 Å². The van der Waals surface area contributed by atoms with Crippen LogP contribution in [0.3, 0.4) is 0 Å². The number of nitrogens with one attached hydrogen (secondary N) is 1. The quantitative estimate of drug-likeness (QED) is 0.662. The number of aromatic hydroxyl groups is 1. The SMILES string of the molecule is CC(=NNC(=O)c1ccc(Cl)cc1O)C1CC2CCC1C2. The van der Waals surface area contributed by atoms with Crippen molar-refractivity contribution in [3.8, 4) is 5.75 Å². The largest absolute Gasteiger partial charge is 0.507 e. The number of hydrogen-bond donors (Lipinski definition) is 2. The number of benzene rings is 1. The van der Waals surface area contributed by atoms with Crippen molar-refractivity contribution in [2.75, 3.05) is 0 Å². The Balaban J connectivity index is 1.66. The third kappa shape index (κ3) is 2.91. The molecule has 0 spiro atoms. The van der Waals surface area contributed by atoms with E-state index in [0.29, 0.717) is 10.9 Å². The first-order chi connectivity index (χ1) is 10.0. The summed E-state index contributed by atoms with van der Waals surface area (Å²) in [7, 11) is 0. The second-order valence-electron chi connectivity index (χ2n) is 6.14. The van der Waals surface area contributed by atoms with Crippen molar-refractivity contribution in [1.82, 2.24) is 5.43 Å². The van der Waals surface area contributed by atoms with Gasteiger partial charge in [0, 0.05) is 16.7 Å². The molecule has 2 saturated carbocycles. The molecule has 0 aromatic heterocycles. The van der Waals surface area contributed by atoms with Crippen LogP contribution in [-0.2, 0) is 0 Å². The molecule has 3 unspecified atom stereocenters. The lowest BCUT2D eigenvalue weighted by Crippen LogP contribution is -2.24. The van der Waals surface area contributed by atoms with E-state index in [4.69, 9.17) is 11.6 Å². The minimum atomic E-state index is -0.410. The van der Waals surface area contributed by atoms with Gasteiger partial charge in [-0.1, -0.05) is 18.0 Å².